The van der Waals surface area contributed by atoms with E-state index in [1.165, 1.54) is 12.0 Å². The SMILES string of the molecule is CCN(CC(=O)N1CC(C(=O)OC)Oc2ccccc21)S(=O)(=O)c1ccc(F)cc1. The zero-order valence-electron chi connectivity index (χ0n) is 16.4. The number of anilines is 1. The van der Waals surface area contributed by atoms with Gasteiger partial charge in [-0.1, -0.05) is 19.1 Å². The van der Waals surface area contributed by atoms with Crippen LogP contribution in [-0.4, -0.2) is 57.4 Å². The molecule has 3 rings (SSSR count). The van der Waals surface area contributed by atoms with E-state index >= 15 is 0 Å². The minimum atomic E-state index is -4.02. The lowest BCUT2D eigenvalue weighted by atomic mass is 10.2. The lowest BCUT2D eigenvalue weighted by Crippen LogP contribution is -2.50. The molecule has 30 heavy (non-hydrogen) atoms. The summed E-state index contributed by atoms with van der Waals surface area (Å²) in [5.41, 5.74) is 0.429. The van der Waals surface area contributed by atoms with Gasteiger partial charge in [-0.25, -0.2) is 17.6 Å². The molecule has 0 radical (unpaired) electrons. The number of likely N-dealkylation sites (N-methyl/N-ethyl adjacent to an activating group) is 1. The molecule has 0 saturated heterocycles. The van der Waals surface area contributed by atoms with E-state index in [4.69, 9.17) is 9.47 Å². The first-order valence-electron chi connectivity index (χ1n) is 9.17. The molecule has 0 fully saturated rings. The third-order valence-electron chi connectivity index (χ3n) is 4.65. The van der Waals surface area contributed by atoms with Crippen LogP contribution in [-0.2, 0) is 24.3 Å². The van der Waals surface area contributed by atoms with Gasteiger partial charge in [-0.3, -0.25) is 4.79 Å². The van der Waals surface area contributed by atoms with Crippen LogP contribution in [0, 0.1) is 5.82 Å². The number of para-hydroxylation sites is 2. The summed E-state index contributed by atoms with van der Waals surface area (Å²) < 4.78 is 50.3. The molecule has 2 aromatic rings. The Morgan fingerprint density at radius 1 is 1.20 bits per heavy atom. The van der Waals surface area contributed by atoms with Gasteiger partial charge in [0.2, 0.25) is 22.0 Å². The summed E-state index contributed by atoms with van der Waals surface area (Å²) in [5.74, 6) is -1.43. The highest BCUT2D eigenvalue weighted by Gasteiger charge is 2.36. The molecule has 1 unspecified atom stereocenters. The molecular formula is C20H21FN2O6S. The molecule has 0 bridgehead atoms. The van der Waals surface area contributed by atoms with Gasteiger partial charge in [0.05, 0.1) is 30.8 Å². The van der Waals surface area contributed by atoms with E-state index in [0.717, 1.165) is 28.6 Å². The minimum absolute atomic E-state index is 0.0257. The van der Waals surface area contributed by atoms with Gasteiger partial charge in [-0.15, -0.1) is 0 Å². The number of halogens is 1. The van der Waals surface area contributed by atoms with Crippen LogP contribution in [0.1, 0.15) is 6.92 Å². The number of nitrogens with zero attached hydrogens (tertiary/aromatic N) is 2. The van der Waals surface area contributed by atoms with Gasteiger partial charge in [-0.2, -0.15) is 4.31 Å². The molecule has 1 atom stereocenters. The Bertz CT molecular complexity index is 1040. The van der Waals surface area contributed by atoms with Crippen LogP contribution in [0.3, 0.4) is 0 Å². The second-order valence-corrected chi connectivity index (χ2v) is 8.42. The van der Waals surface area contributed by atoms with Crippen molar-refractivity contribution in [2.24, 2.45) is 0 Å². The number of carbonyl (C=O) groups is 2. The highest BCUT2D eigenvalue weighted by molar-refractivity contribution is 7.89. The van der Waals surface area contributed by atoms with Crippen LogP contribution in [0.5, 0.6) is 5.75 Å². The Balaban J connectivity index is 1.87. The molecule has 0 aromatic heterocycles. The first-order chi connectivity index (χ1) is 14.3. The van der Waals surface area contributed by atoms with Crippen LogP contribution in [0.4, 0.5) is 10.1 Å². The van der Waals surface area contributed by atoms with E-state index in [-0.39, 0.29) is 18.0 Å². The van der Waals surface area contributed by atoms with Gasteiger partial charge in [0.1, 0.15) is 11.6 Å². The fraction of sp³-hybridized carbons (Fsp3) is 0.300. The molecule has 1 aliphatic heterocycles. The third kappa shape index (κ3) is 4.29. The topological polar surface area (TPSA) is 93.2 Å². The van der Waals surface area contributed by atoms with Crippen molar-refractivity contribution in [3.05, 3.63) is 54.3 Å². The standard InChI is InChI=1S/C20H21FN2O6S/c1-3-22(30(26,27)15-10-8-14(21)9-11-15)13-19(24)23-12-18(20(25)28-2)29-17-7-5-4-6-16(17)23/h4-11,18H,3,12-13H2,1-2H3. The number of fused-ring (bicyclic) bond motifs is 1. The number of carbonyl (C=O) groups excluding carboxylic acids is 2. The number of ether oxygens (including phenoxy) is 2. The number of hydrogen-bond donors (Lipinski definition) is 0. The Morgan fingerprint density at radius 2 is 1.87 bits per heavy atom. The van der Waals surface area contributed by atoms with Gasteiger partial charge in [0.25, 0.3) is 0 Å². The molecular weight excluding hydrogens is 415 g/mol. The number of methoxy groups -OCH3 is 1. The van der Waals surface area contributed by atoms with Crippen LogP contribution >= 0.6 is 0 Å². The van der Waals surface area contributed by atoms with Crippen LogP contribution in [0.2, 0.25) is 0 Å². The molecule has 160 valence electrons. The van der Waals surface area contributed by atoms with E-state index in [1.54, 1.807) is 31.2 Å². The van der Waals surface area contributed by atoms with Crippen molar-refractivity contribution in [1.29, 1.82) is 0 Å². The van der Waals surface area contributed by atoms with Crippen molar-refractivity contribution in [2.75, 3.05) is 31.6 Å². The van der Waals surface area contributed by atoms with Crippen molar-refractivity contribution in [3.63, 3.8) is 0 Å². The third-order valence-corrected chi connectivity index (χ3v) is 6.59. The lowest BCUT2D eigenvalue weighted by Gasteiger charge is -2.34. The molecule has 0 saturated carbocycles. The number of amides is 1. The number of benzene rings is 2. The Labute approximate surface area is 173 Å². The van der Waals surface area contributed by atoms with Crippen molar-refractivity contribution in [2.45, 2.75) is 17.9 Å². The Morgan fingerprint density at radius 3 is 2.50 bits per heavy atom. The fourth-order valence-corrected chi connectivity index (χ4v) is 4.48. The average molecular weight is 436 g/mol. The predicted octanol–water partition coefficient (Wildman–Crippen LogP) is 1.80. The monoisotopic (exact) mass is 436 g/mol. The molecule has 2 aromatic carbocycles. The van der Waals surface area contributed by atoms with E-state index in [9.17, 15) is 22.4 Å². The normalized spacial score (nSPS) is 16.0. The maximum Gasteiger partial charge on any atom is 0.348 e. The summed E-state index contributed by atoms with van der Waals surface area (Å²) in [5, 5.41) is 0. The summed E-state index contributed by atoms with van der Waals surface area (Å²) in [4.78, 5) is 26.2. The molecule has 0 spiro atoms. The van der Waals surface area contributed by atoms with E-state index in [0.29, 0.717) is 11.4 Å². The quantitative estimate of drug-likeness (QED) is 0.641. The van der Waals surface area contributed by atoms with Crippen LogP contribution in [0.25, 0.3) is 0 Å². The van der Waals surface area contributed by atoms with Crippen molar-refractivity contribution >= 4 is 27.6 Å². The highest BCUT2D eigenvalue weighted by Crippen LogP contribution is 2.33. The zero-order chi connectivity index (χ0) is 21.9. The first kappa shape index (κ1) is 21.7. The summed E-state index contributed by atoms with van der Waals surface area (Å²) >= 11 is 0. The highest BCUT2D eigenvalue weighted by atomic mass is 32.2. The lowest BCUT2D eigenvalue weighted by molar-refractivity contribution is -0.148. The molecule has 1 heterocycles. The Kier molecular flexibility index (Phi) is 6.37. The molecule has 1 amide bonds. The van der Waals surface area contributed by atoms with Crippen LogP contribution < -0.4 is 9.64 Å². The van der Waals surface area contributed by atoms with Crippen molar-refractivity contribution < 1.29 is 31.9 Å². The van der Waals surface area contributed by atoms with Crippen LogP contribution in [0.15, 0.2) is 53.4 Å². The smallest absolute Gasteiger partial charge is 0.348 e. The zero-order valence-corrected chi connectivity index (χ0v) is 17.3. The van der Waals surface area contributed by atoms with E-state index < -0.39 is 40.4 Å². The van der Waals surface area contributed by atoms with Crippen molar-refractivity contribution in [3.8, 4) is 5.75 Å². The number of hydrogen-bond acceptors (Lipinski definition) is 6. The molecule has 0 N–H and O–H groups in total. The van der Waals surface area contributed by atoms with Crippen molar-refractivity contribution in [1.82, 2.24) is 4.31 Å². The van der Waals surface area contributed by atoms with Gasteiger partial charge in [0, 0.05) is 6.54 Å². The minimum Gasteiger partial charge on any atom is -0.475 e. The molecule has 0 aliphatic carbocycles. The van der Waals surface area contributed by atoms with Gasteiger partial charge >= 0.3 is 5.97 Å². The fourth-order valence-electron chi connectivity index (χ4n) is 3.08. The number of rotatable bonds is 6. The molecule has 1 aliphatic rings. The predicted molar refractivity (Wildman–Crippen MR) is 106 cm³/mol. The Hall–Kier alpha value is -2.98. The van der Waals surface area contributed by atoms with E-state index in [2.05, 4.69) is 0 Å². The maximum absolute atomic E-state index is 13.2. The maximum atomic E-state index is 13.2. The average Bonchev–Trinajstić information content (AvgIpc) is 2.76. The molecule has 8 nitrogen and oxygen atoms in total. The van der Waals surface area contributed by atoms with Gasteiger partial charge in [0.15, 0.2) is 0 Å². The summed E-state index contributed by atoms with van der Waals surface area (Å²) in [6, 6.07) is 11.0. The summed E-state index contributed by atoms with van der Waals surface area (Å²) in [7, 11) is -2.80. The summed E-state index contributed by atoms with van der Waals surface area (Å²) in [6.07, 6.45) is -1.03. The first-order valence-corrected chi connectivity index (χ1v) is 10.6. The summed E-state index contributed by atoms with van der Waals surface area (Å²) in [6.45, 7) is 1.05. The molecule has 10 heteroatoms. The second-order valence-electron chi connectivity index (χ2n) is 6.49. The van der Waals surface area contributed by atoms with Gasteiger partial charge in [-0.05, 0) is 36.4 Å². The largest absolute Gasteiger partial charge is 0.475 e. The van der Waals surface area contributed by atoms with E-state index in [1.807, 2.05) is 0 Å². The van der Waals surface area contributed by atoms with Gasteiger partial charge < -0.3 is 14.4 Å². The number of sulfonamides is 1. The number of esters is 1. The second kappa shape index (κ2) is 8.80.